The first-order valence-corrected chi connectivity index (χ1v) is 7.70. The van der Waals surface area contributed by atoms with Crippen LogP contribution >= 0.6 is 22.6 Å². The van der Waals surface area contributed by atoms with Crippen molar-refractivity contribution < 1.29 is 4.79 Å². The van der Waals surface area contributed by atoms with Gasteiger partial charge in [-0.15, -0.1) is 0 Å². The Morgan fingerprint density at radius 3 is 2.78 bits per heavy atom. The highest BCUT2D eigenvalue weighted by molar-refractivity contribution is 14.1. The van der Waals surface area contributed by atoms with E-state index in [1.807, 2.05) is 25.1 Å². The number of nitrogens with one attached hydrogen (secondary N) is 1. The predicted octanol–water partition coefficient (Wildman–Crippen LogP) is 4.30. The van der Waals surface area contributed by atoms with Crippen molar-refractivity contribution in [2.75, 3.05) is 0 Å². The Hall–Kier alpha value is -0.580. The molecule has 0 aromatic heterocycles. The average molecular weight is 359 g/mol. The third-order valence-corrected chi connectivity index (χ3v) is 4.49. The van der Waals surface area contributed by atoms with Crippen LogP contribution in [0.15, 0.2) is 18.2 Å². The summed E-state index contributed by atoms with van der Waals surface area (Å²) in [4.78, 5) is 12.1. The van der Waals surface area contributed by atoms with E-state index < -0.39 is 0 Å². The zero-order valence-corrected chi connectivity index (χ0v) is 13.6. The van der Waals surface area contributed by atoms with E-state index in [9.17, 15) is 4.79 Å². The average Bonchev–Trinajstić information content (AvgIpc) is 2.32. The summed E-state index contributed by atoms with van der Waals surface area (Å²) in [6.45, 7) is 6.30. The van der Waals surface area contributed by atoms with E-state index in [4.69, 9.17) is 0 Å². The summed E-state index contributed by atoms with van der Waals surface area (Å²) < 4.78 is 1.05. The number of benzene rings is 1. The quantitative estimate of drug-likeness (QED) is 0.596. The van der Waals surface area contributed by atoms with Gasteiger partial charge in [0.05, 0.1) is 5.56 Å². The second-order valence-electron chi connectivity index (χ2n) is 4.81. The second-order valence-corrected chi connectivity index (χ2v) is 5.89. The first-order valence-electron chi connectivity index (χ1n) is 6.62. The molecule has 0 aliphatic heterocycles. The standard InChI is InChI=1S/C15H22INO/c1-4-5-6-9-12(3)17-15(18)13-10-7-8-11(2)14(13)16/h7-8,10,12H,4-6,9H2,1-3H3,(H,17,18). The van der Waals surface area contributed by atoms with Crippen molar-refractivity contribution >= 4 is 28.5 Å². The Morgan fingerprint density at radius 2 is 2.11 bits per heavy atom. The summed E-state index contributed by atoms with van der Waals surface area (Å²) in [7, 11) is 0. The van der Waals surface area contributed by atoms with Gasteiger partial charge in [-0.2, -0.15) is 0 Å². The summed E-state index contributed by atoms with van der Waals surface area (Å²) >= 11 is 2.24. The number of halogens is 1. The van der Waals surface area contributed by atoms with E-state index in [-0.39, 0.29) is 11.9 Å². The lowest BCUT2D eigenvalue weighted by atomic mass is 10.1. The number of carbonyl (C=O) groups excluding carboxylic acids is 1. The number of aryl methyl sites for hydroxylation is 1. The van der Waals surface area contributed by atoms with Gasteiger partial charge in [0.25, 0.3) is 5.91 Å². The van der Waals surface area contributed by atoms with E-state index in [1.54, 1.807) is 0 Å². The van der Waals surface area contributed by atoms with Crippen molar-refractivity contribution in [2.24, 2.45) is 0 Å². The molecule has 1 aromatic carbocycles. The van der Waals surface area contributed by atoms with Gasteiger partial charge in [-0.1, -0.05) is 38.3 Å². The molecule has 1 rings (SSSR count). The zero-order valence-electron chi connectivity index (χ0n) is 11.4. The number of rotatable bonds is 6. The van der Waals surface area contributed by atoms with Crippen LogP contribution in [0.25, 0.3) is 0 Å². The molecule has 1 aromatic rings. The molecule has 1 amide bonds. The molecule has 0 saturated carbocycles. The van der Waals surface area contributed by atoms with Crippen LogP contribution in [0.5, 0.6) is 0 Å². The van der Waals surface area contributed by atoms with Crippen molar-refractivity contribution in [1.29, 1.82) is 0 Å². The minimum Gasteiger partial charge on any atom is -0.350 e. The summed E-state index contributed by atoms with van der Waals surface area (Å²) in [6, 6.07) is 6.11. The van der Waals surface area contributed by atoms with Crippen LogP contribution in [0.1, 0.15) is 55.5 Å². The van der Waals surface area contributed by atoms with Gasteiger partial charge in [-0.25, -0.2) is 0 Å². The molecule has 3 heteroatoms. The number of hydrogen-bond donors (Lipinski definition) is 1. The highest BCUT2D eigenvalue weighted by Crippen LogP contribution is 2.16. The molecule has 0 fully saturated rings. The van der Waals surface area contributed by atoms with Gasteiger partial charge in [0, 0.05) is 9.61 Å². The lowest BCUT2D eigenvalue weighted by Gasteiger charge is -2.15. The summed E-state index contributed by atoms with van der Waals surface area (Å²) in [5.41, 5.74) is 1.94. The molecule has 0 bridgehead atoms. The van der Waals surface area contributed by atoms with Crippen molar-refractivity contribution in [2.45, 2.75) is 52.5 Å². The Balaban J connectivity index is 2.57. The predicted molar refractivity (Wildman–Crippen MR) is 85.0 cm³/mol. The number of unbranched alkanes of at least 4 members (excludes halogenated alkanes) is 2. The molecule has 2 nitrogen and oxygen atoms in total. The van der Waals surface area contributed by atoms with E-state index in [0.29, 0.717) is 0 Å². The lowest BCUT2D eigenvalue weighted by Crippen LogP contribution is -2.33. The van der Waals surface area contributed by atoms with Gasteiger partial charge in [-0.05, 0) is 54.5 Å². The third-order valence-electron chi connectivity index (χ3n) is 3.05. The fraction of sp³-hybridized carbons (Fsp3) is 0.533. The van der Waals surface area contributed by atoms with Crippen molar-refractivity contribution in [3.8, 4) is 0 Å². The van der Waals surface area contributed by atoms with Gasteiger partial charge in [0.2, 0.25) is 0 Å². The zero-order chi connectivity index (χ0) is 13.5. The van der Waals surface area contributed by atoms with Gasteiger partial charge >= 0.3 is 0 Å². The Kier molecular flexibility index (Phi) is 6.68. The number of amides is 1. The number of hydrogen-bond acceptors (Lipinski definition) is 1. The van der Waals surface area contributed by atoms with Gasteiger partial charge in [-0.3, -0.25) is 4.79 Å². The second kappa shape index (κ2) is 7.77. The summed E-state index contributed by atoms with van der Waals surface area (Å²) in [5.74, 6) is 0.0482. The van der Waals surface area contributed by atoms with Crippen molar-refractivity contribution in [3.63, 3.8) is 0 Å². The van der Waals surface area contributed by atoms with E-state index in [1.165, 1.54) is 19.3 Å². The van der Waals surface area contributed by atoms with Crippen LogP contribution in [0.2, 0.25) is 0 Å². The molecule has 0 heterocycles. The normalized spacial score (nSPS) is 12.2. The fourth-order valence-electron chi connectivity index (χ4n) is 1.90. The highest BCUT2D eigenvalue weighted by atomic mass is 127. The molecule has 1 atom stereocenters. The molecule has 0 saturated heterocycles. The highest BCUT2D eigenvalue weighted by Gasteiger charge is 2.13. The van der Waals surface area contributed by atoms with E-state index >= 15 is 0 Å². The Labute approximate surface area is 124 Å². The molecule has 1 unspecified atom stereocenters. The molecule has 0 radical (unpaired) electrons. The Bertz CT molecular complexity index is 403. The van der Waals surface area contributed by atoms with Crippen LogP contribution in [0, 0.1) is 10.5 Å². The lowest BCUT2D eigenvalue weighted by molar-refractivity contribution is 0.0937. The molecular formula is C15H22INO. The minimum absolute atomic E-state index is 0.0482. The fourth-order valence-corrected chi connectivity index (χ4v) is 2.50. The monoisotopic (exact) mass is 359 g/mol. The van der Waals surface area contributed by atoms with Gasteiger partial charge < -0.3 is 5.32 Å². The van der Waals surface area contributed by atoms with Crippen LogP contribution in [-0.4, -0.2) is 11.9 Å². The molecule has 0 aliphatic rings. The van der Waals surface area contributed by atoms with Crippen LogP contribution in [0.4, 0.5) is 0 Å². The van der Waals surface area contributed by atoms with Gasteiger partial charge in [0.15, 0.2) is 0 Å². The first kappa shape index (κ1) is 15.5. The maximum absolute atomic E-state index is 12.1. The van der Waals surface area contributed by atoms with Gasteiger partial charge in [0.1, 0.15) is 0 Å². The van der Waals surface area contributed by atoms with Crippen molar-refractivity contribution in [3.05, 3.63) is 32.9 Å². The molecule has 1 N–H and O–H groups in total. The smallest absolute Gasteiger partial charge is 0.252 e. The third kappa shape index (κ3) is 4.59. The topological polar surface area (TPSA) is 29.1 Å². The molecule has 0 aliphatic carbocycles. The van der Waals surface area contributed by atoms with E-state index in [0.717, 1.165) is 21.1 Å². The van der Waals surface area contributed by atoms with Crippen LogP contribution in [0.3, 0.4) is 0 Å². The minimum atomic E-state index is 0.0482. The Morgan fingerprint density at radius 1 is 1.39 bits per heavy atom. The van der Waals surface area contributed by atoms with Crippen molar-refractivity contribution in [1.82, 2.24) is 5.32 Å². The summed E-state index contributed by atoms with van der Waals surface area (Å²) in [6.07, 6.45) is 4.70. The number of carbonyl (C=O) groups is 1. The molecule has 18 heavy (non-hydrogen) atoms. The van der Waals surface area contributed by atoms with Crippen LogP contribution < -0.4 is 5.32 Å². The maximum Gasteiger partial charge on any atom is 0.252 e. The van der Waals surface area contributed by atoms with E-state index in [2.05, 4.69) is 41.8 Å². The largest absolute Gasteiger partial charge is 0.350 e. The molecule has 100 valence electrons. The first-order chi connectivity index (χ1) is 8.56. The SMILES string of the molecule is CCCCCC(C)NC(=O)c1cccc(C)c1I. The molecule has 0 spiro atoms. The maximum atomic E-state index is 12.1. The van der Waals surface area contributed by atoms with Crippen LogP contribution in [-0.2, 0) is 0 Å². The summed E-state index contributed by atoms with van der Waals surface area (Å²) in [5, 5.41) is 3.08. The molecular weight excluding hydrogens is 337 g/mol.